The Bertz CT molecular complexity index is 275. The summed E-state index contributed by atoms with van der Waals surface area (Å²) in [7, 11) is 3.24. The van der Waals surface area contributed by atoms with Gasteiger partial charge in [-0.3, -0.25) is 4.98 Å². The van der Waals surface area contributed by atoms with Crippen LogP contribution in [0.3, 0.4) is 0 Å². The van der Waals surface area contributed by atoms with E-state index in [2.05, 4.69) is 10.3 Å². The summed E-state index contributed by atoms with van der Waals surface area (Å²) in [5.74, 6) is 0. The smallest absolute Gasteiger partial charge is 0.173 e. The van der Waals surface area contributed by atoms with Crippen LogP contribution in [0, 0.1) is 6.92 Å². The van der Waals surface area contributed by atoms with E-state index in [-0.39, 0.29) is 6.29 Å². The molecule has 0 unspecified atom stereocenters. The summed E-state index contributed by atoms with van der Waals surface area (Å²) in [6.07, 6.45) is 3.35. The first kappa shape index (κ1) is 10.9. The van der Waals surface area contributed by atoms with Crippen LogP contribution < -0.4 is 5.32 Å². The van der Waals surface area contributed by atoms with E-state index < -0.39 is 0 Å². The third kappa shape index (κ3) is 2.97. The number of nitrogens with one attached hydrogen (secondary N) is 1. The zero-order chi connectivity index (χ0) is 10.4. The number of pyridine rings is 1. The third-order valence-corrected chi connectivity index (χ3v) is 2.01. The lowest BCUT2D eigenvalue weighted by Crippen LogP contribution is -2.23. The summed E-state index contributed by atoms with van der Waals surface area (Å²) >= 11 is 0. The fraction of sp³-hybridized carbons (Fsp3) is 0.500. The van der Waals surface area contributed by atoms with Gasteiger partial charge in [0.15, 0.2) is 6.29 Å². The van der Waals surface area contributed by atoms with Crippen molar-refractivity contribution >= 4 is 5.69 Å². The molecule has 78 valence electrons. The van der Waals surface area contributed by atoms with E-state index in [0.717, 1.165) is 11.3 Å². The minimum Gasteiger partial charge on any atom is -0.380 e. The van der Waals surface area contributed by atoms with Crippen molar-refractivity contribution in [3.8, 4) is 0 Å². The van der Waals surface area contributed by atoms with Gasteiger partial charge in [0.1, 0.15) is 0 Å². The Balaban J connectivity index is 2.49. The first-order valence-electron chi connectivity index (χ1n) is 4.48. The van der Waals surface area contributed by atoms with Crippen LogP contribution in [0.5, 0.6) is 0 Å². The van der Waals surface area contributed by atoms with Gasteiger partial charge in [-0.05, 0) is 18.6 Å². The number of rotatable bonds is 5. The van der Waals surface area contributed by atoms with E-state index in [4.69, 9.17) is 9.47 Å². The van der Waals surface area contributed by atoms with Crippen molar-refractivity contribution in [1.82, 2.24) is 4.98 Å². The van der Waals surface area contributed by atoms with Crippen LogP contribution in [0.15, 0.2) is 18.5 Å². The molecule has 1 heterocycles. The minimum absolute atomic E-state index is 0.220. The van der Waals surface area contributed by atoms with Crippen LogP contribution in [-0.4, -0.2) is 32.0 Å². The lowest BCUT2D eigenvalue weighted by Gasteiger charge is -2.15. The Labute approximate surface area is 84.3 Å². The number of methoxy groups -OCH3 is 2. The molecule has 0 saturated carbocycles. The maximum absolute atomic E-state index is 5.06. The average molecular weight is 196 g/mol. The first-order chi connectivity index (χ1) is 6.77. The van der Waals surface area contributed by atoms with Gasteiger partial charge < -0.3 is 14.8 Å². The predicted molar refractivity (Wildman–Crippen MR) is 55.3 cm³/mol. The lowest BCUT2D eigenvalue weighted by atomic mass is 10.2. The van der Waals surface area contributed by atoms with Gasteiger partial charge in [0, 0.05) is 32.3 Å². The Morgan fingerprint density at radius 1 is 1.43 bits per heavy atom. The second-order valence-corrected chi connectivity index (χ2v) is 2.97. The highest BCUT2D eigenvalue weighted by Gasteiger charge is 2.04. The fourth-order valence-corrected chi connectivity index (χ4v) is 1.13. The van der Waals surface area contributed by atoms with Crippen LogP contribution in [0.1, 0.15) is 5.56 Å². The van der Waals surface area contributed by atoms with Gasteiger partial charge in [-0.2, -0.15) is 0 Å². The highest BCUT2D eigenvalue weighted by atomic mass is 16.7. The number of aromatic nitrogens is 1. The molecular weight excluding hydrogens is 180 g/mol. The van der Waals surface area contributed by atoms with Crippen LogP contribution in [0.4, 0.5) is 5.69 Å². The molecule has 0 spiro atoms. The summed E-state index contributed by atoms with van der Waals surface area (Å²) in [6.45, 7) is 2.63. The van der Waals surface area contributed by atoms with E-state index >= 15 is 0 Å². The number of hydrogen-bond donors (Lipinski definition) is 1. The van der Waals surface area contributed by atoms with Crippen molar-refractivity contribution in [3.63, 3.8) is 0 Å². The molecule has 0 saturated heterocycles. The van der Waals surface area contributed by atoms with Gasteiger partial charge >= 0.3 is 0 Å². The third-order valence-electron chi connectivity index (χ3n) is 2.01. The van der Waals surface area contributed by atoms with Crippen LogP contribution in [-0.2, 0) is 9.47 Å². The summed E-state index contributed by atoms with van der Waals surface area (Å²) < 4.78 is 10.1. The van der Waals surface area contributed by atoms with Gasteiger partial charge in [0.05, 0.1) is 6.54 Å². The van der Waals surface area contributed by atoms with Gasteiger partial charge in [-0.25, -0.2) is 0 Å². The molecule has 0 fully saturated rings. The molecule has 4 heteroatoms. The zero-order valence-corrected chi connectivity index (χ0v) is 8.78. The quantitative estimate of drug-likeness (QED) is 0.723. The molecule has 1 N–H and O–H groups in total. The molecule has 0 bridgehead atoms. The van der Waals surface area contributed by atoms with Crippen molar-refractivity contribution in [2.75, 3.05) is 26.1 Å². The van der Waals surface area contributed by atoms with Gasteiger partial charge in [-0.15, -0.1) is 0 Å². The molecule has 0 amide bonds. The van der Waals surface area contributed by atoms with Gasteiger partial charge in [-0.1, -0.05) is 0 Å². The van der Waals surface area contributed by atoms with E-state index in [1.807, 2.05) is 19.2 Å². The second kappa shape index (κ2) is 5.57. The monoisotopic (exact) mass is 196 g/mol. The molecule has 0 aliphatic rings. The highest BCUT2D eigenvalue weighted by molar-refractivity contribution is 5.48. The van der Waals surface area contributed by atoms with E-state index in [1.165, 1.54) is 0 Å². The Morgan fingerprint density at radius 3 is 2.71 bits per heavy atom. The summed E-state index contributed by atoms with van der Waals surface area (Å²) in [5, 5.41) is 3.22. The lowest BCUT2D eigenvalue weighted by molar-refractivity contribution is -0.0914. The molecule has 0 aliphatic heterocycles. The highest BCUT2D eigenvalue weighted by Crippen LogP contribution is 2.11. The van der Waals surface area contributed by atoms with E-state index in [0.29, 0.717) is 6.54 Å². The number of hydrogen-bond acceptors (Lipinski definition) is 4. The molecule has 1 rings (SSSR count). The summed E-state index contributed by atoms with van der Waals surface area (Å²) in [4.78, 5) is 4.01. The largest absolute Gasteiger partial charge is 0.380 e. The van der Waals surface area contributed by atoms with E-state index in [9.17, 15) is 0 Å². The number of nitrogens with zero attached hydrogens (tertiary/aromatic N) is 1. The molecule has 0 aliphatic carbocycles. The predicted octanol–water partition coefficient (Wildman–Crippen LogP) is 1.42. The molecular formula is C10H16N2O2. The van der Waals surface area contributed by atoms with Crippen LogP contribution in [0.2, 0.25) is 0 Å². The molecule has 0 aromatic carbocycles. The Morgan fingerprint density at radius 2 is 2.14 bits per heavy atom. The van der Waals surface area contributed by atoms with Crippen molar-refractivity contribution < 1.29 is 9.47 Å². The molecule has 0 atom stereocenters. The molecule has 14 heavy (non-hydrogen) atoms. The summed E-state index contributed by atoms with van der Waals surface area (Å²) in [5.41, 5.74) is 2.16. The van der Waals surface area contributed by atoms with Crippen molar-refractivity contribution in [3.05, 3.63) is 24.0 Å². The SMILES string of the molecule is COC(CNc1ccncc1C)OC. The molecule has 0 radical (unpaired) electrons. The number of aryl methyl sites for hydroxylation is 1. The number of ether oxygens (including phenoxy) is 2. The van der Waals surface area contributed by atoms with Crippen molar-refractivity contribution in [1.29, 1.82) is 0 Å². The van der Waals surface area contributed by atoms with Crippen molar-refractivity contribution in [2.24, 2.45) is 0 Å². The maximum Gasteiger partial charge on any atom is 0.173 e. The van der Waals surface area contributed by atoms with E-state index in [1.54, 1.807) is 20.4 Å². The average Bonchev–Trinajstić information content (AvgIpc) is 2.22. The molecule has 1 aromatic heterocycles. The van der Waals surface area contributed by atoms with Crippen molar-refractivity contribution in [2.45, 2.75) is 13.2 Å². The zero-order valence-electron chi connectivity index (χ0n) is 8.78. The minimum atomic E-state index is -0.220. The topological polar surface area (TPSA) is 43.4 Å². The second-order valence-electron chi connectivity index (χ2n) is 2.97. The van der Waals surface area contributed by atoms with Crippen LogP contribution >= 0.6 is 0 Å². The standard InChI is InChI=1S/C10H16N2O2/c1-8-6-11-5-4-9(8)12-7-10(13-2)14-3/h4-6,10H,7H2,1-3H3,(H,11,12). The molecule has 4 nitrogen and oxygen atoms in total. The first-order valence-corrected chi connectivity index (χ1v) is 4.48. The Kier molecular flexibility index (Phi) is 4.35. The maximum atomic E-state index is 5.06. The van der Waals surface area contributed by atoms with Gasteiger partial charge in [0.25, 0.3) is 0 Å². The van der Waals surface area contributed by atoms with Gasteiger partial charge in [0.2, 0.25) is 0 Å². The normalized spacial score (nSPS) is 10.6. The Hall–Kier alpha value is -1.13. The fourth-order valence-electron chi connectivity index (χ4n) is 1.13. The number of anilines is 1. The summed E-state index contributed by atoms with van der Waals surface area (Å²) in [6, 6.07) is 1.93. The molecule has 1 aromatic rings. The van der Waals surface area contributed by atoms with Crippen LogP contribution in [0.25, 0.3) is 0 Å².